The van der Waals surface area contributed by atoms with Crippen LogP contribution in [0.1, 0.15) is 33.9 Å². The van der Waals surface area contributed by atoms with E-state index in [0.717, 1.165) is 38.2 Å². The maximum absolute atomic E-state index is 12.8. The molecule has 1 amide bonds. The number of fused-ring (bicyclic) bond motifs is 2. The Morgan fingerprint density at radius 3 is 2.39 bits per heavy atom. The minimum absolute atomic E-state index is 0.0276. The summed E-state index contributed by atoms with van der Waals surface area (Å²) in [5.74, 6) is 0.645. The van der Waals surface area contributed by atoms with E-state index in [2.05, 4.69) is 16.4 Å². The van der Waals surface area contributed by atoms with Crippen molar-refractivity contribution >= 4 is 55.0 Å². The van der Waals surface area contributed by atoms with Crippen molar-refractivity contribution in [3.05, 3.63) is 58.4 Å². The second kappa shape index (κ2) is 9.32. The predicted octanol–water partition coefficient (Wildman–Crippen LogP) is 5.59. The van der Waals surface area contributed by atoms with Gasteiger partial charge in [-0.05, 0) is 43.5 Å². The zero-order valence-corrected chi connectivity index (χ0v) is 18.0. The highest BCUT2D eigenvalue weighted by Gasteiger charge is 2.25. The topological polar surface area (TPSA) is 109 Å². The fraction of sp³-hybridized carbons (Fsp3) is 0.227. The molecular weight excluding hydrogens is 436 g/mol. The van der Waals surface area contributed by atoms with Crippen LogP contribution in [0.2, 0.25) is 0 Å². The summed E-state index contributed by atoms with van der Waals surface area (Å²) >= 11 is 3.12. The number of para-hydroxylation sites is 1. The zero-order chi connectivity index (χ0) is 21.8. The van der Waals surface area contributed by atoms with Gasteiger partial charge in [-0.3, -0.25) is 4.79 Å². The Morgan fingerprint density at radius 2 is 1.71 bits per heavy atom. The van der Waals surface area contributed by atoms with Crippen molar-refractivity contribution in [1.29, 1.82) is 0 Å². The molecular formula is C22H20N2O5S2. The number of ether oxygens (including phenoxy) is 1. The molecule has 0 bridgehead atoms. The van der Waals surface area contributed by atoms with Crippen LogP contribution in [0.25, 0.3) is 20.3 Å². The molecule has 1 saturated carbocycles. The fourth-order valence-corrected chi connectivity index (χ4v) is 5.16. The van der Waals surface area contributed by atoms with Crippen LogP contribution < -0.4 is 10.1 Å². The number of carboxylic acid groups (broad SMARTS) is 2. The fourth-order valence-electron chi connectivity index (χ4n) is 3.23. The molecule has 5 rings (SSSR count). The Balaban J connectivity index is 0.000000535. The van der Waals surface area contributed by atoms with Crippen LogP contribution in [-0.2, 0) is 6.61 Å². The van der Waals surface area contributed by atoms with Gasteiger partial charge < -0.3 is 20.3 Å². The lowest BCUT2D eigenvalue weighted by atomic mass is 9.93. The molecule has 3 N–H and O–H groups in total. The van der Waals surface area contributed by atoms with Gasteiger partial charge >= 0.3 is 6.16 Å². The molecule has 31 heavy (non-hydrogen) atoms. The lowest BCUT2D eigenvalue weighted by Gasteiger charge is -2.26. The van der Waals surface area contributed by atoms with Gasteiger partial charge in [-0.2, -0.15) is 0 Å². The van der Waals surface area contributed by atoms with Crippen LogP contribution in [0.5, 0.6) is 5.75 Å². The number of aromatic nitrogens is 1. The van der Waals surface area contributed by atoms with E-state index in [1.54, 1.807) is 11.3 Å². The Bertz CT molecular complexity index is 1190. The standard InChI is InChI=1S/C21H18N2O2S2.CH2O3/c24-21(22-13-6-5-7-13)20-19(14-8-1-3-10-16(14)27-20)25-12-18-23-15-9-2-4-11-17(15)26-18;2-1(3)4/h1-4,8-11,13H,5-7,12H2,(H,22,24);(H2,2,3,4). The number of hydrogen-bond donors (Lipinski definition) is 3. The zero-order valence-electron chi connectivity index (χ0n) is 16.4. The first kappa shape index (κ1) is 21.1. The number of amides is 1. The molecule has 160 valence electrons. The van der Waals surface area contributed by atoms with Crippen LogP contribution in [0.15, 0.2) is 48.5 Å². The molecule has 2 aromatic carbocycles. The maximum Gasteiger partial charge on any atom is 0.503 e. The van der Waals surface area contributed by atoms with Crippen molar-refractivity contribution in [2.24, 2.45) is 0 Å². The molecule has 9 heteroatoms. The third-order valence-electron chi connectivity index (χ3n) is 4.87. The van der Waals surface area contributed by atoms with Crippen LogP contribution in [0, 0.1) is 0 Å². The van der Waals surface area contributed by atoms with Gasteiger partial charge in [0.2, 0.25) is 0 Å². The Kier molecular flexibility index (Phi) is 6.34. The molecule has 1 aliphatic rings. The van der Waals surface area contributed by atoms with Crippen LogP contribution in [0.4, 0.5) is 4.79 Å². The lowest BCUT2D eigenvalue weighted by Crippen LogP contribution is -2.39. The van der Waals surface area contributed by atoms with Crippen LogP contribution in [0.3, 0.4) is 0 Å². The van der Waals surface area contributed by atoms with E-state index >= 15 is 0 Å². The van der Waals surface area contributed by atoms with Gasteiger partial charge in [0, 0.05) is 16.1 Å². The molecule has 1 aliphatic carbocycles. The predicted molar refractivity (Wildman–Crippen MR) is 122 cm³/mol. The lowest BCUT2D eigenvalue weighted by molar-refractivity contribution is 0.0917. The summed E-state index contributed by atoms with van der Waals surface area (Å²) in [5, 5.41) is 19.0. The van der Waals surface area contributed by atoms with Crippen LogP contribution >= 0.6 is 22.7 Å². The van der Waals surface area contributed by atoms with E-state index in [-0.39, 0.29) is 5.91 Å². The second-order valence-corrected chi connectivity index (χ2v) is 9.17. The molecule has 2 heterocycles. The summed E-state index contributed by atoms with van der Waals surface area (Å²) in [5.41, 5.74) is 0.985. The van der Waals surface area contributed by atoms with Crippen molar-refractivity contribution in [2.75, 3.05) is 0 Å². The molecule has 0 aliphatic heterocycles. The molecule has 0 spiro atoms. The van der Waals surface area contributed by atoms with Gasteiger partial charge in [0.1, 0.15) is 16.5 Å². The minimum Gasteiger partial charge on any atom is -0.484 e. The highest BCUT2D eigenvalue weighted by molar-refractivity contribution is 7.21. The molecule has 0 radical (unpaired) electrons. The van der Waals surface area contributed by atoms with Gasteiger partial charge in [0.15, 0.2) is 5.75 Å². The van der Waals surface area contributed by atoms with Gasteiger partial charge in [-0.15, -0.1) is 22.7 Å². The van der Waals surface area contributed by atoms with Crippen molar-refractivity contribution in [1.82, 2.24) is 10.3 Å². The van der Waals surface area contributed by atoms with E-state index in [9.17, 15) is 4.79 Å². The number of thiazole rings is 1. The highest BCUT2D eigenvalue weighted by atomic mass is 32.1. The quantitative estimate of drug-likeness (QED) is 0.361. The average Bonchev–Trinajstić information content (AvgIpc) is 3.29. The Labute approximate surface area is 185 Å². The first-order valence-electron chi connectivity index (χ1n) is 9.73. The maximum atomic E-state index is 12.8. The molecule has 1 fully saturated rings. The smallest absolute Gasteiger partial charge is 0.484 e. The van der Waals surface area contributed by atoms with Gasteiger partial charge in [0.25, 0.3) is 5.91 Å². The summed E-state index contributed by atoms with van der Waals surface area (Å²) in [6, 6.07) is 16.4. The van der Waals surface area contributed by atoms with E-state index in [4.69, 9.17) is 19.7 Å². The van der Waals surface area contributed by atoms with E-state index in [1.165, 1.54) is 17.8 Å². The monoisotopic (exact) mass is 456 g/mol. The Morgan fingerprint density at radius 1 is 1.03 bits per heavy atom. The number of hydrogen-bond acceptors (Lipinski definition) is 6. The SMILES string of the molecule is O=C(NC1CCC1)c1sc2ccccc2c1OCc1nc2ccccc2s1.O=C(O)O. The second-order valence-electron chi connectivity index (χ2n) is 7.00. The molecule has 7 nitrogen and oxygen atoms in total. The third-order valence-corrected chi connectivity index (χ3v) is 7.04. The van der Waals surface area contributed by atoms with E-state index in [1.807, 2.05) is 42.5 Å². The molecule has 0 saturated heterocycles. The van der Waals surface area contributed by atoms with Crippen molar-refractivity contribution < 1.29 is 24.5 Å². The normalized spacial score (nSPS) is 13.3. The summed E-state index contributed by atoms with van der Waals surface area (Å²) in [4.78, 5) is 26.6. The van der Waals surface area contributed by atoms with E-state index in [0.29, 0.717) is 23.3 Å². The number of nitrogens with zero attached hydrogens (tertiary/aromatic N) is 1. The minimum atomic E-state index is -1.83. The summed E-state index contributed by atoms with van der Waals surface area (Å²) in [7, 11) is 0. The number of rotatable bonds is 5. The summed E-state index contributed by atoms with van der Waals surface area (Å²) < 4.78 is 8.37. The first-order valence-corrected chi connectivity index (χ1v) is 11.4. The van der Waals surface area contributed by atoms with Gasteiger partial charge in [-0.25, -0.2) is 9.78 Å². The molecule has 0 atom stereocenters. The largest absolute Gasteiger partial charge is 0.503 e. The molecule has 2 aromatic heterocycles. The third kappa shape index (κ3) is 4.95. The Hall–Kier alpha value is -3.17. The highest BCUT2D eigenvalue weighted by Crippen LogP contribution is 2.39. The van der Waals surface area contributed by atoms with Crippen molar-refractivity contribution in [3.8, 4) is 5.75 Å². The summed E-state index contributed by atoms with van der Waals surface area (Å²) in [6.07, 6.45) is 1.50. The number of thiophene rings is 1. The van der Waals surface area contributed by atoms with Gasteiger partial charge in [0.05, 0.1) is 10.2 Å². The van der Waals surface area contributed by atoms with E-state index < -0.39 is 6.16 Å². The van der Waals surface area contributed by atoms with Crippen molar-refractivity contribution in [3.63, 3.8) is 0 Å². The molecule has 4 aromatic rings. The summed E-state index contributed by atoms with van der Waals surface area (Å²) in [6.45, 7) is 0.365. The number of benzene rings is 2. The molecule has 0 unspecified atom stereocenters. The number of nitrogens with one attached hydrogen (secondary N) is 1. The first-order chi connectivity index (χ1) is 15.0. The number of carbonyl (C=O) groups excluding carboxylic acids is 1. The average molecular weight is 457 g/mol. The van der Waals surface area contributed by atoms with Crippen molar-refractivity contribution in [2.45, 2.75) is 31.9 Å². The van der Waals surface area contributed by atoms with Gasteiger partial charge in [-0.1, -0.05) is 24.3 Å². The number of carbonyl (C=O) groups is 2. The van der Waals surface area contributed by atoms with Crippen LogP contribution in [-0.4, -0.2) is 33.3 Å².